The molecule has 6 heteroatoms. The first-order chi connectivity index (χ1) is 9.49. The van der Waals surface area contributed by atoms with Gasteiger partial charge in [-0.1, -0.05) is 6.07 Å². The van der Waals surface area contributed by atoms with Gasteiger partial charge in [-0.05, 0) is 30.3 Å². The molecule has 0 aliphatic heterocycles. The van der Waals surface area contributed by atoms with Gasteiger partial charge < -0.3 is 11.1 Å². The topological polar surface area (TPSA) is 55.1 Å². The molecule has 0 bridgehead atoms. The van der Waals surface area contributed by atoms with Crippen molar-refractivity contribution in [2.45, 2.75) is 6.54 Å². The summed E-state index contributed by atoms with van der Waals surface area (Å²) in [5.74, 6) is -3.03. The van der Waals surface area contributed by atoms with Gasteiger partial charge in [-0.15, -0.1) is 0 Å². The number of carbonyl (C=O) groups is 1. The SMILES string of the molecule is NC(=O)c1cc(NCc2c(F)cccc2F)ccc1F. The van der Waals surface area contributed by atoms with E-state index >= 15 is 0 Å². The summed E-state index contributed by atoms with van der Waals surface area (Å²) in [5.41, 5.74) is 4.92. The Kier molecular flexibility index (Phi) is 3.93. The van der Waals surface area contributed by atoms with Crippen molar-refractivity contribution >= 4 is 11.6 Å². The summed E-state index contributed by atoms with van der Waals surface area (Å²) in [6.07, 6.45) is 0. The number of halogens is 3. The molecule has 104 valence electrons. The highest BCUT2D eigenvalue weighted by Gasteiger charge is 2.11. The van der Waals surface area contributed by atoms with Crippen LogP contribution in [0.4, 0.5) is 18.9 Å². The Morgan fingerprint density at radius 2 is 1.70 bits per heavy atom. The summed E-state index contributed by atoms with van der Waals surface area (Å²) in [4.78, 5) is 11.0. The lowest BCUT2D eigenvalue weighted by molar-refractivity contribution is 0.0996. The van der Waals surface area contributed by atoms with Crippen LogP contribution in [-0.4, -0.2) is 5.91 Å². The Labute approximate surface area is 113 Å². The zero-order valence-corrected chi connectivity index (χ0v) is 10.3. The summed E-state index contributed by atoms with van der Waals surface area (Å²) in [5, 5.41) is 2.71. The van der Waals surface area contributed by atoms with Gasteiger partial charge >= 0.3 is 0 Å². The van der Waals surface area contributed by atoms with Crippen LogP contribution in [0.5, 0.6) is 0 Å². The van der Waals surface area contributed by atoms with Crippen LogP contribution in [0.1, 0.15) is 15.9 Å². The number of nitrogens with two attached hydrogens (primary N) is 1. The molecule has 0 spiro atoms. The summed E-state index contributed by atoms with van der Waals surface area (Å²) >= 11 is 0. The molecule has 3 nitrogen and oxygen atoms in total. The molecule has 3 N–H and O–H groups in total. The van der Waals surface area contributed by atoms with Gasteiger partial charge in [-0.2, -0.15) is 0 Å². The van der Waals surface area contributed by atoms with Crippen LogP contribution in [0.2, 0.25) is 0 Å². The minimum Gasteiger partial charge on any atom is -0.381 e. The van der Waals surface area contributed by atoms with Crippen molar-refractivity contribution in [1.29, 1.82) is 0 Å². The first-order valence-corrected chi connectivity index (χ1v) is 5.75. The van der Waals surface area contributed by atoms with Gasteiger partial charge in [-0.25, -0.2) is 13.2 Å². The Balaban J connectivity index is 2.19. The second-order valence-electron chi connectivity index (χ2n) is 4.11. The van der Waals surface area contributed by atoms with E-state index in [1.54, 1.807) is 0 Å². The quantitative estimate of drug-likeness (QED) is 0.904. The molecule has 0 saturated carbocycles. The van der Waals surface area contributed by atoms with Crippen molar-refractivity contribution in [3.05, 3.63) is 65.0 Å². The maximum atomic E-state index is 13.4. The molecule has 0 fully saturated rings. The molecular formula is C14H11F3N2O. The summed E-state index contributed by atoms with van der Waals surface area (Å²) in [6, 6.07) is 7.13. The van der Waals surface area contributed by atoms with Crippen LogP contribution in [0, 0.1) is 17.5 Å². The summed E-state index contributed by atoms with van der Waals surface area (Å²) in [7, 11) is 0. The van der Waals surface area contributed by atoms with Crippen molar-refractivity contribution in [1.82, 2.24) is 0 Å². The van der Waals surface area contributed by atoms with Gasteiger partial charge in [0.05, 0.1) is 5.56 Å². The number of nitrogens with one attached hydrogen (secondary N) is 1. The number of hydrogen-bond acceptors (Lipinski definition) is 2. The molecule has 2 aromatic rings. The maximum Gasteiger partial charge on any atom is 0.251 e. The Morgan fingerprint density at radius 3 is 2.30 bits per heavy atom. The summed E-state index contributed by atoms with van der Waals surface area (Å²) < 4.78 is 40.1. The second kappa shape index (κ2) is 5.64. The molecule has 0 atom stereocenters. The van der Waals surface area contributed by atoms with E-state index in [1.807, 2.05) is 0 Å². The van der Waals surface area contributed by atoms with E-state index in [2.05, 4.69) is 5.32 Å². The number of hydrogen-bond donors (Lipinski definition) is 2. The van der Waals surface area contributed by atoms with Crippen LogP contribution in [-0.2, 0) is 6.54 Å². The van der Waals surface area contributed by atoms with E-state index in [9.17, 15) is 18.0 Å². The predicted molar refractivity (Wildman–Crippen MR) is 68.6 cm³/mol. The standard InChI is InChI=1S/C14H11F3N2O/c15-11-2-1-3-12(16)10(11)7-19-8-4-5-13(17)9(6-8)14(18)20/h1-6,19H,7H2,(H2,18,20). The van der Waals surface area contributed by atoms with Gasteiger partial charge in [-0.3, -0.25) is 4.79 Å². The molecule has 2 aromatic carbocycles. The highest BCUT2D eigenvalue weighted by molar-refractivity contribution is 5.94. The number of rotatable bonds is 4. The monoisotopic (exact) mass is 280 g/mol. The number of anilines is 1. The summed E-state index contributed by atoms with van der Waals surface area (Å²) in [6.45, 7) is -0.137. The first kappa shape index (κ1) is 13.9. The van der Waals surface area contributed by atoms with Crippen LogP contribution >= 0.6 is 0 Å². The zero-order valence-electron chi connectivity index (χ0n) is 10.3. The van der Waals surface area contributed by atoms with Crippen LogP contribution < -0.4 is 11.1 Å². The van der Waals surface area contributed by atoms with Gasteiger partial charge in [0.15, 0.2) is 0 Å². The number of primary amides is 1. The average molecular weight is 280 g/mol. The minimum absolute atomic E-state index is 0.137. The van der Waals surface area contributed by atoms with Crippen molar-refractivity contribution in [3.8, 4) is 0 Å². The normalized spacial score (nSPS) is 10.3. The lowest BCUT2D eigenvalue weighted by atomic mass is 10.1. The fraction of sp³-hybridized carbons (Fsp3) is 0.0714. The first-order valence-electron chi connectivity index (χ1n) is 5.75. The van der Waals surface area contributed by atoms with Crippen LogP contribution in [0.15, 0.2) is 36.4 Å². The Morgan fingerprint density at radius 1 is 1.05 bits per heavy atom. The van der Waals surface area contributed by atoms with Gasteiger partial charge in [0.1, 0.15) is 17.5 Å². The van der Waals surface area contributed by atoms with E-state index in [1.165, 1.54) is 18.2 Å². The van der Waals surface area contributed by atoms with Crippen molar-refractivity contribution in [2.75, 3.05) is 5.32 Å². The van der Waals surface area contributed by atoms with E-state index in [0.717, 1.165) is 18.2 Å². The Hall–Kier alpha value is -2.50. The van der Waals surface area contributed by atoms with Crippen LogP contribution in [0.25, 0.3) is 0 Å². The number of carbonyl (C=O) groups excluding carboxylic acids is 1. The van der Waals surface area contributed by atoms with Crippen molar-refractivity contribution in [2.24, 2.45) is 5.73 Å². The third-order valence-corrected chi connectivity index (χ3v) is 2.76. The predicted octanol–water partition coefficient (Wildman–Crippen LogP) is 2.81. The molecule has 2 rings (SSSR count). The van der Waals surface area contributed by atoms with Crippen LogP contribution in [0.3, 0.4) is 0 Å². The van der Waals surface area contributed by atoms with Crippen molar-refractivity contribution < 1.29 is 18.0 Å². The largest absolute Gasteiger partial charge is 0.381 e. The molecular weight excluding hydrogens is 269 g/mol. The molecule has 0 aromatic heterocycles. The van der Waals surface area contributed by atoms with E-state index in [0.29, 0.717) is 5.69 Å². The lowest BCUT2D eigenvalue weighted by Crippen LogP contribution is -2.14. The van der Waals surface area contributed by atoms with Gasteiger partial charge in [0, 0.05) is 17.8 Å². The third-order valence-electron chi connectivity index (χ3n) is 2.76. The number of amides is 1. The zero-order chi connectivity index (χ0) is 14.7. The molecule has 1 amide bonds. The fourth-order valence-electron chi connectivity index (χ4n) is 1.72. The highest BCUT2D eigenvalue weighted by Crippen LogP contribution is 2.17. The maximum absolute atomic E-state index is 13.4. The molecule has 0 saturated heterocycles. The van der Waals surface area contributed by atoms with E-state index in [-0.39, 0.29) is 17.7 Å². The fourth-order valence-corrected chi connectivity index (χ4v) is 1.72. The minimum atomic E-state index is -0.914. The Bertz CT molecular complexity index is 639. The van der Waals surface area contributed by atoms with E-state index < -0.39 is 23.4 Å². The van der Waals surface area contributed by atoms with Crippen molar-refractivity contribution in [3.63, 3.8) is 0 Å². The molecule has 0 heterocycles. The molecule has 20 heavy (non-hydrogen) atoms. The lowest BCUT2D eigenvalue weighted by Gasteiger charge is -2.09. The molecule has 0 aliphatic carbocycles. The highest BCUT2D eigenvalue weighted by atomic mass is 19.1. The molecule has 0 unspecified atom stereocenters. The smallest absolute Gasteiger partial charge is 0.251 e. The molecule has 0 aliphatic rings. The third kappa shape index (κ3) is 2.90. The average Bonchev–Trinajstić information content (AvgIpc) is 2.39. The number of benzene rings is 2. The second-order valence-corrected chi connectivity index (χ2v) is 4.11. The van der Waals surface area contributed by atoms with Gasteiger partial charge in [0.25, 0.3) is 5.91 Å². The molecule has 0 radical (unpaired) electrons. The van der Waals surface area contributed by atoms with Gasteiger partial charge in [0.2, 0.25) is 0 Å². The van der Waals surface area contributed by atoms with E-state index in [4.69, 9.17) is 5.73 Å².